The van der Waals surface area contributed by atoms with Crippen molar-refractivity contribution in [1.29, 1.82) is 0 Å². The Hall–Kier alpha value is -0.120. The van der Waals surface area contributed by atoms with Crippen molar-refractivity contribution >= 4 is 23.5 Å². The van der Waals surface area contributed by atoms with Crippen molar-refractivity contribution in [3.63, 3.8) is 0 Å². The Labute approximate surface area is 113 Å². The van der Waals surface area contributed by atoms with Gasteiger partial charge >= 0.3 is 0 Å². The molecule has 17 heavy (non-hydrogen) atoms. The molecule has 3 heteroatoms. The largest absolute Gasteiger partial charge is 0.323 e. The molecule has 1 heterocycles. The fraction of sp³-hybridized carbons (Fsp3) is 0.571. The van der Waals surface area contributed by atoms with Gasteiger partial charge in [0.25, 0.3) is 0 Å². The van der Waals surface area contributed by atoms with Crippen molar-refractivity contribution in [2.75, 3.05) is 11.5 Å². The van der Waals surface area contributed by atoms with E-state index in [1.165, 1.54) is 28.2 Å². The molecule has 1 aliphatic rings. The van der Waals surface area contributed by atoms with Gasteiger partial charge in [0.05, 0.1) is 0 Å². The summed E-state index contributed by atoms with van der Waals surface area (Å²) in [5, 5.41) is 1.21. The van der Waals surface area contributed by atoms with Gasteiger partial charge in [-0.2, -0.15) is 23.5 Å². The normalized spacial score (nSPS) is 26.8. The van der Waals surface area contributed by atoms with Crippen LogP contribution in [0.25, 0.3) is 0 Å². The van der Waals surface area contributed by atoms with E-state index in [0.29, 0.717) is 10.5 Å². The SMILES string of the molecule is Cc1ccc(C)c(C(N)C2SCCSC2C)c1. The topological polar surface area (TPSA) is 26.0 Å². The fourth-order valence-electron chi connectivity index (χ4n) is 2.34. The van der Waals surface area contributed by atoms with Crippen LogP contribution in [0, 0.1) is 13.8 Å². The Kier molecular flexibility index (Phi) is 4.45. The summed E-state index contributed by atoms with van der Waals surface area (Å²) in [6.45, 7) is 6.62. The molecule has 0 radical (unpaired) electrons. The van der Waals surface area contributed by atoms with E-state index in [2.05, 4.69) is 50.7 Å². The number of thioether (sulfide) groups is 2. The molecular formula is C14H21NS2. The maximum Gasteiger partial charge on any atom is 0.0429 e. The van der Waals surface area contributed by atoms with E-state index in [1.807, 2.05) is 11.8 Å². The molecule has 94 valence electrons. The molecule has 1 fully saturated rings. The zero-order valence-corrected chi connectivity index (χ0v) is 12.4. The van der Waals surface area contributed by atoms with Crippen molar-refractivity contribution in [1.82, 2.24) is 0 Å². The second kappa shape index (κ2) is 5.68. The van der Waals surface area contributed by atoms with Crippen molar-refractivity contribution in [3.05, 3.63) is 34.9 Å². The van der Waals surface area contributed by atoms with Crippen LogP contribution in [0.15, 0.2) is 18.2 Å². The Morgan fingerprint density at radius 2 is 1.94 bits per heavy atom. The van der Waals surface area contributed by atoms with Crippen LogP contribution in [0.4, 0.5) is 0 Å². The Morgan fingerprint density at radius 3 is 2.65 bits per heavy atom. The van der Waals surface area contributed by atoms with Crippen molar-refractivity contribution in [2.45, 2.75) is 37.3 Å². The first-order valence-electron chi connectivity index (χ1n) is 6.15. The smallest absolute Gasteiger partial charge is 0.0429 e. The minimum Gasteiger partial charge on any atom is -0.323 e. The Morgan fingerprint density at radius 1 is 1.24 bits per heavy atom. The molecule has 0 spiro atoms. The highest BCUT2D eigenvalue weighted by atomic mass is 32.2. The molecule has 0 amide bonds. The summed E-state index contributed by atoms with van der Waals surface area (Å²) >= 11 is 4.10. The highest BCUT2D eigenvalue weighted by Gasteiger charge is 2.29. The van der Waals surface area contributed by atoms with Crippen LogP contribution in [-0.2, 0) is 0 Å². The van der Waals surface area contributed by atoms with E-state index in [4.69, 9.17) is 5.73 Å². The van der Waals surface area contributed by atoms with Gasteiger partial charge in [-0.15, -0.1) is 0 Å². The van der Waals surface area contributed by atoms with Gasteiger partial charge in [-0.1, -0.05) is 30.7 Å². The highest BCUT2D eigenvalue weighted by molar-refractivity contribution is 8.07. The van der Waals surface area contributed by atoms with Crippen molar-refractivity contribution in [2.24, 2.45) is 5.73 Å². The van der Waals surface area contributed by atoms with Gasteiger partial charge in [0, 0.05) is 28.0 Å². The summed E-state index contributed by atoms with van der Waals surface area (Å²) < 4.78 is 0. The summed E-state index contributed by atoms with van der Waals surface area (Å²) in [5.41, 5.74) is 10.5. The van der Waals surface area contributed by atoms with Crippen LogP contribution in [0.2, 0.25) is 0 Å². The number of hydrogen-bond donors (Lipinski definition) is 1. The quantitative estimate of drug-likeness (QED) is 0.887. The second-order valence-electron chi connectivity index (χ2n) is 4.80. The number of benzene rings is 1. The predicted octanol–water partition coefficient (Wildman–Crippen LogP) is 3.54. The maximum atomic E-state index is 6.50. The lowest BCUT2D eigenvalue weighted by Crippen LogP contribution is -2.34. The number of nitrogens with two attached hydrogens (primary N) is 1. The third-order valence-electron chi connectivity index (χ3n) is 3.38. The molecule has 1 nitrogen and oxygen atoms in total. The van der Waals surface area contributed by atoms with Gasteiger partial charge in [-0.3, -0.25) is 0 Å². The number of hydrogen-bond acceptors (Lipinski definition) is 3. The van der Waals surface area contributed by atoms with Gasteiger partial charge in [0.15, 0.2) is 0 Å². The summed E-state index contributed by atoms with van der Waals surface area (Å²) in [5.74, 6) is 2.50. The molecule has 3 unspecified atom stereocenters. The van der Waals surface area contributed by atoms with E-state index < -0.39 is 0 Å². The Balaban J connectivity index is 2.23. The molecule has 1 aromatic carbocycles. The van der Waals surface area contributed by atoms with Gasteiger partial charge in [-0.05, 0) is 25.0 Å². The Bertz CT molecular complexity index is 392. The lowest BCUT2D eigenvalue weighted by Gasteiger charge is -2.33. The zero-order chi connectivity index (χ0) is 12.4. The molecule has 1 saturated heterocycles. The minimum atomic E-state index is 0.169. The third-order valence-corrected chi connectivity index (χ3v) is 6.60. The highest BCUT2D eigenvalue weighted by Crippen LogP contribution is 2.38. The molecule has 2 rings (SSSR count). The maximum absolute atomic E-state index is 6.50. The van der Waals surface area contributed by atoms with Crippen LogP contribution in [0.1, 0.15) is 29.7 Å². The van der Waals surface area contributed by atoms with Crippen LogP contribution in [0.5, 0.6) is 0 Å². The molecule has 3 atom stereocenters. The van der Waals surface area contributed by atoms with Crippen LogP contribution >= 0.6 is 23.5 Å². The first kappa shape index (κ1) is 13.3. The third kappa shape index (κ3) is 3.01. The molecule has 0 bridgehead atoms. The van der Waals surface area contributed by atoms with E-state index in [0.717, 1.165) is 0 Å². The van der Waals surface area contributed by atoms with Gasteiger partial charge < -0.3 is 5.73 Å². The fourth-order valence-corrected chi connectivity index (χ4v) is 5.21. The minimum absolute atomic E-state index is 0.169. The van der Waals surface area contributed by atoms with Crippen LogP contribution in [-0.4, -0.2) is 22.0 Å². The van der Waals surface area contributed by atoms with Crippen LogP contribution in [0.3, 0.4) is 0 Å². The van der Waals surface area contributed by atoms with Crippen molar-refractivity contribution in [3.8, 4) is 0 Å². The number of aryl methyl sites for hydroxylation is 2. The first-order chi connectivity index (χ1) is 8.09. The van der Waals surface area contributed by atoms with Gasteiger partial charge in [0.1, 0.15) is 0 Å². The molecule has 0 aliphatic carbocycles. The van der Waals surface area contributed by atoms with E-state index in [1.54, 1.807) is 0 Å². The lowest BCUT2D eigenvalue weighted by atomic mass is 9.96. The molecule has 0 aromatic heterocycles. The lowest BCUT2D eigenvalue weighted by molar-refractivity contribution is 0.659. The monoisotopic (exact) mass is 267 g/mol. The molecule has 1 aliphatic heterocycles. The average molecular weight is 267 g/mol. The molecule has 0 saturated carbocycles. The molecule has 2 N–H and O–H groups in total. The van der Waals surface area contributed by atoms with Crippen LogP contribution < -0.4 is 5.73 Å². The first-order valence-corrected chi connectivity index (χ1v) is 8.25. The molecule has 1 aromatic rings. The predicted molar refractivity (Wildman–Crippen MR) is 81.0 cm³/mol. The number of rotatable bonds is 2. The van der Waals surface area contributed by atoms with E-state index in [-0.39, 0.29) is 6.04 Å². The summed E-state index contributed by atoms with van der Waals surface area (Å²) in [7, 11) is 0. The zero-order valence-electron chi connectivity index (χ0n) is 10.8. The summed E-state index contributed by atoms with van der Waals surface area (Å²) in [4.78, 5) is 0. The van der Waals surface area contributed by atoms with E-state index in [9.17, 15) is 0 Å². The summed E-state index contributed by atoms with van der Waals surface area (Å²) in [6, 6.07) is 6.78. The van der Waals surface area contributed by atoms with Gasteiger partial charge in [-0.25, -0.2) is 0 Å². The average Bonchev–Trinajstić information content (AvgIpc) is 2.32. The van der Waals surface area contributed by atoms with E-state index >= 15 is 0 Å². The van der Waals surface area contributed by atoms with Gasteiger partial charge in [0.2, 0.25) is 0 Å². The standard InChI is InChI=1S/C14H21NS2/c1-9-4-5-10(2)12(8-9)13(15)14-11(3)16-6-7-17-14/h4-5,8,11,13-14H,6-7,15H2,1-3H3. The van der Waals surface area contributed by atoms with Crippen molar-refractivity contribution < 1.29 is 0 Å². The molecular weight excluding hydrogens is 246 g/mol. The second-order valence-corrected chi connectivity index (χ2v) is 7.57. The summed E-state index contributed by atoms with van der Waals surface area (Å²) in [6.07, 6.45) is 0.